The maximum atomic E-state index is 13.9. The molecule has 1 atom stereocenters. The van der Waals surface area contributed by atoms with Crippen LogP contribution >= 0.6 is 11.6 Å². The molecule has 1 fully saturated rings. The molecule has 170 valence electrons. The van der Waals surface area contributed by atoms with Gasteiger partial charge in [-0.1, -0.05) is 0 Å². The highest BCUT2D eigenvalue weighted by Gasteiger charge is 2.32. The summed E-state index contributed by atoms with van der Waals surface area (Å²) in [5.41, 5.74) is 0.864. The second kappa shape index (κ2) is 8.81. The first-order valence-corrected chi connectivity index (χ1v) is 10.4. The van der Waals surface area contributed by atoms with E-state index in [9.17, 15) is 18.0 Å². The highest BCUT2D eigenvalue weighted by molar-refractivity contribution is 6.18. The zero-order valence-corrected chi connectivity index (χ0v) is 17.8. The van der Waals surface area contributed by atoms with E-state index in [0.29, 0.717) is 23.8 Å². The lowest BCUT2D eigenvalue weighted by molar-refractivity contribution is 0.0257. The molecule has 1 amide bonds. The van der Waals surface area contributed by atoms with Gasteiger partial charge in [-0.3, -0.25) is 4.79 Å². The zero-order valence-electron chi connectivity index (χ0n) is 17.1. The van der Waals surface area contributed by atoms with Crippen molar-refractivity contribution in [1.82, 2.24) is 24.9 Å². The first-order valence-electron chi connectivity index (χ1n) is 9.85. The number of alkyl halides is 3. The number of rotatable bonds is 7. The number of nitrogens with zero attached hydrogens (tertiary/aromatic N) is 5. The van der Waals surface area contributed by atoms with Crippen LogP contribution in [0.4, 0.5) is 19.0 Å². The molecule has 0 saturated carbocycles. The Bertz CT molecular complexity index is 1140. The Morgan fingerprint density at radius 3 is 2.97 bits per heavy atom. The quantitative estimate of drug-likeness (QED) is 0.536. The van der Waals surface area contributed by atoms with Crippen LogP contribution in [0.3, 0.4) is 0 Å². The van der Waals surface area contributed by atoms with Crippen molar-refractivity contribution in [3.63, 3.8) is 0 Å². The fraction of sp³-hybridized carbons (Fsp3) is 0.400. The van der Waals surface area contributed by atoms with Gasteiger partial charge in [0, 0.05) is 18.3 Å². The number of pyridine rings is 1. The first kappa shape index (κ1) is 22.1. The molecule has 0 spiro atoms. The largest absolute Gasteiger partial charge is 0.481 e. The number of hydrogen-bond donors (Lipinski definition) is 1. The maximum Gasteiger partial charge on any atom is 0.278 e. The molecule has 0 aliphatic carbocycles. The molecular formula is C20H20ClF3N6O2. The SMILES string of the molecule is COc1ncc(F)cc1[C@H]1CCCN1c1ccn2ncc(C(=O)NCC(F)(F)CCl)c2n1. The van der Waals surface area contributed by atoms with Crippen LogP contribution in [0.25, 0.3) is 5.65 Å². The van der Waals surface area contributed by atoms with Gasteiger partial charge < -0.3 is 15.0 Å². The molecule has 3 aromatic rings. The van der Waals surface area contributed by atoms with Crippen LogP contribution in [0.1, 0.15) is 34.8 Å². The molecule has 1 aliphatic rings. The van der Waals surface area contributed by atoms with Gasteiger partial charge in [-0.05, 0) is 25.0 Å². The van der Waals surface area contributed by atoms with Crippen molar-refractivity contribution in [3.05, 3.63) is 47.7 Å². The van der Waals surface area contributed by atoms with Crippen LogP contribution in [-0.4, -0.2) is 57.5 Å². The molecule has 1 saturated heterocycles. The van der Waals surface area contributed by atoms with Crippen molar-refractivity contribution in [1.29, 1.82) is 0 Å². The number of nitrogens with one attached hydrogen (secondary N) is 1. The summed E-state index contributed by atoms with van der Waals surface area (Å²) in [4.78, 5) is 23.0. The van der Waals surface area contributed by atoms with E-state index in [1.165, 1.54) is 23.9 Å². The molecule has 32 heavy (non-hydrogen) atoms. The predicted molar refractivity (Wildman–Crippen MR) is 111 cm³/mol. The Kier molecular flexibility index (Phi) is 6.09. The van der Waals surface area contributed by atoms with Crippen LogP contribution in [0.2, 0.25) is 0 Å². The molecule has 0 aromatic carbocycles. The Balaban J connectivity index is 1.64. The van der Waals surface area contributed by atoms with Crippen LogP contribution in [0.5, 0.6) is 5.88 Å². The van der Waals surface area contributed by atoms with E-state index in [-0.39, 0.29) is 17.3 Å². The second-order valence-electron chi connectivity index (χ2n) is 7.39. The first-order chi connectivity index (χ1) is 15.3. The molecule has 1 aliphatic heterocycles. The summed E-state index contributed by atoms with van der Waals surface area (Å²) in [5.74, 6) is -4.47. The number of fused-ring (bicyclic) bond motifs is 1. The van der Waals surface area contributed by atoms with Gasteiger partial charge in [-0.25, -0.2) is 27.7 Å². The van der Waals surface area contributed by atoms with Crippen molar-refractivity contribution in [2.24, 2.45) is 0 Å². The van der Waals surface area contributed by atoms with Crippen molar-refractivity contribution in [2.75, 3.05) is 31.0 Å². The van der Waals surface area contributed by atoms with E-state index in [1.807, 2.05) is 4.90 Å². The molecule has 0 bridgehead atoms. The summed E-state index contributed by atoms with van der Waals surface area (Å²) in [7, 11) is 1.47. The molecule has 0 unspecified atom stereocenters. The monoisotopic (exact) mass is 468 g/mol. The fourth-order valence-electron chi connectivity index (χ4n) is 3.75. The number of carbonyl (C=O) groups excluding carboxylic acids is 1. The van der Waals surface area contributed by atoms with Crippen molar-refractivity contribution in [2.45, 2.75) is 24.8 Å². The van der Waals surface area contributed by atoms with Gasteiger partial charge in [-0.15, -0.1) is 11.6 Å². The van der Waals surface area contributed by atoms with Gasteiger partial charge in [0.25, 0.3) is 11.8 Å². The average Bonchev–Trinajstić information content (AvgIpc) is 3.44. The lowest BCUT2D eigenvalue weighted by Gasteiger charge is -2.27. The van der Waals surface area contributed by atoms with Crippen LogP contribution in [0, 0.1) is 5.82 Å². The Hall–Kier alpha value is -3.08. The number of halogens is 4. The normalized spacial score (nSPS) is 16.5. The minimum absolute atomic E-state index is 0.0537. The topological polar surface area (TPSA) is 84.6 Å². The van der Waals surface area contributed by atoms with Crippen LogP contribution < -0.4 is 15.0 Å². The Morgan fingerprint density at radius 2 is 2.22 bits per heavy atom. The Labute approximate surface area is 186 Å². The molecule has 4 rings (SSSR count). The van der Waals surface area contributed by atoms with Crippen molar-refractivity contribution < 1.29 is 22.7 Å². The summed E-state index contributed by atoms with van der Waals surface area (Å²) in [6.45, 7) is -0.252. The number of amides is 1. The van der Waals surface area contributed by atoms with Crippen LogP contribution in [-0.2, 0) is 0 Å². The number of carbonyl (C=O) groups is 1. The van der Waals surface area contributed by atoms with Gasteiger partial charge in [0.1, 0.15) is 17.2 Å². The summed E-state index contributed by atoms with van der Waals surface area (Å²) in [5, 5.41) is 6.24. The summed E-state index contributed by atoms with van der Waals surface area (Å²) in [6, 6.07) is 2.88. The van der Waals surface area contributed by atoms with Crippen molar-refractivity contribution >= 4 is 29.0 Å². The van der Waals surface area contributed by atoms with Gasteiger partial charge in [0.15, 0.2) is 5.65 Å². The van der Waals surface area contributed by atoms with Gasteiger partial charge in [0.2, 0.25) is 5.88 Å². The third kappa shape index (κ3) is 4.29. The van der Waals surface area contributed by atoms with Gasteiger partial charge in [0.05, 0.1) is 38.0 Å². The van der Waals surface area contributed by atoms with E-state index < -0.39 is 30.1 Å². The standard InChI is InChI=1S/C20H20ClF3N6O2/c1-32-19-13(7-12(22)8-25-19)15-3-2-5-29(15)16-4-6-30-17(28-16)14(9-27-30)18(31)26-11-20(23,24)10-21/h4,6-9,15H,2-3,5,10-11H2,1H3,(H,26,31)/t15-/m1/s1. The molecule has 0 radical (unpaired) electrons. The van der Waals surface area contributed by atoms with Crippen LogP contribution in [0.15, 0.2) is 30.7 Å². The number of methoxy groups -OCH3 is 1. The molecule has 4 heterocycles. The summed E-state index contributed by atoms with van der Waals surface area (Å²) < 4.78 is 47.4. The highest BCUT2D eigenvalue weighted by atomic mass is 35.5. The van der Waals surface area contributed by atoms with E-state index in [0.717, 1.165) is 19.0 Å². The number of hydrogen-bond acceptors (Lipinski definition) is 6. The second-order valence-corrected chi connectivity index (χ2v) is 7.66. The summed E-state index contributed by atoms with van der Waals surface area (Å²) >= 11 is 5.21. The minimum atomic E-state index is -3.22. The molecule has 8 nitrogen and oxygen atoms in total. The third-order valence-corrected chi connectivity index (χ3v) is 5.64. The smallest absolute Gasteiger partial charge is 0.278 e. The molecule has 3 aromatic heterocycles. The lowest BCUT2D eigenvalue weighted by atomic mass is 10.1. The molecular weight excluding hydrogens is 449 g/mol. The predicted octanol–water partition coefficient (Wildman–Crippen LogP) is 3.22. The lowest BCUT2D eigenvalue weighted by Crippen LogP contribution is -2.37. The zero-order chi connectivity index (χ0) is 22.9. The number of aromatic nitrogens is 4. The van der Waals surface area contributed by atoms with E-state index in [4.69, 9.17) is 16.3 Å². The number of ether oxygens (including phenoxy) is 1. The third-order valence-electron chi connectivity index (χ3n) is 5.25. The maximum absolute atomic E-state index is 13.9. The van der Waals surface area contributed by atoms with E-state index in [1.54, 1.807) is 12.3 Å². The Morgan fingerprint density at radius 1 is 1.41 bits per heavy atom. The van der Waals surface area contributed by atoms with Gasteiger partial charge >= 0.3 is 0 Å². The fourth-order valence-corrected chi connectivity index (χ4v) is 3.84. The minimum Gasteiger partial charge on any atom is -0.481 e. The van der Waals surface area contributed by atoms with E-state index in [2.05, 4.69) is 20.4 Å². The highest BCUT2D eigenvalue weighted by Crippen LogP contribution is 2.38. The van der Waals surface area contributed by atoms with Gasteiger partial charge in [-0.2, -0.15) is 5.10 Å². The van der Waals surface area contributed by atoms with E-state index >= 15 is 0 Å². The average molecular weight is 469 g/mol. The summed E-state index contributed by atoms with van der Waals surface area (Å²) in [6.07, 6.45) is 5.54. The molecule has 12 heteroatoms. The van der Waals surface area contributed by atoms with Crippen molar-refractivity contribution in [3.8, 4) is 5.88 Å². The molecule has 1 N–H and O–H groups in total. The number of anilines is 1.